The molecule has 1 saturated heterocycles. The summed E-state index contributed by atoms with van der Waals surface area (Å²) >= 11 is 0. The highest BCUT2D eigenvalue weighted by Gasteiger charge is 2.29. The van der Waals surface area contributed by atoms with Crippen LogP contribution in [0.1, 0.15) is 15.9 Å². The molecule has 1 aliphatic heterocycles. The van der Waals surface area contributed by atoms with Gasteiger partial charge in [-0.1, -0.05) is 30.3 Å². The lowest BCUT2D eigenvalue weighted by molar-refractivity contribution is 0.0600. The number of methoxy groups -OCH3 is 1. The van der Waals surface area contributed by atoms with Gasteiger partial charge in [0.2, 0.25) is 5.88 Å². The van der Waals surface area contributed by atoms with Crippen molar-refractivity contribution in [1.82, 2.24) is 9.55 Å². The van der Waals surface area contributed by atoms with Crippen molar-refractivity contribution in [1.29, 1.82) is 0 Å². The van der Waals surface area contributed by atoms with Crippen LogP contribution in [-0.2, 0) is 11.3 Å². The number of hydrogen-bond donors (Lipinski definition) is 0. The van der Waals surface area contributed by atoms with Gasteiger partial charge in [0, 0.05) is 24.7 Å². The first-order valence-corrected chi connectivity index (χ1v) is 11.1. The number of anilines is 1. The maximum Gasteiger partial charge on any atom is 0.339 e. The standard InChI is InChI=1S/C27H25N3O4/c1-32-27(31)24-6-2-3-7-25(24)29-15-13-21(16-29)30-17-23(18-30)34-22-11-9-20(10-12-22)19-33-26-8-4-5-14-28-26/h2-16,23H,17-19H2,1H3. The molecule has 7 nitrogen and oxygen atoms in total. The molecule has 2 aromatic carbocycles. The fourth-order valence-corrected chi connectivity index (χ4v) is 3.87. The van der Waals surface area contributed by atoms with E-state index < -0.39 is 0 Å². The first-order chi connectivity index (χ1) is 16.7. The molecule has 0 spiro atoms. The largest absolute Gasteiger partial charge is 0.487 e. The van der Waals surface area contributed by atoms with Crippen molar-refractivity contribution < 1.29 is 19.0 Å². The van der Waals surface area contributed by atoms with Gasteiger partial charge in [0.15, 0.2) is 0 Å². The average Bonchev–Trinajstić information content (AvgIpc) is 3.35. The smallest absolute Gasteiger partial charge is 0.339 e. The number of pyridine rings is 1. The van der Waals surface area contributed by atoms with Crippen LogP contribution in [-0.4, -0.2) is 41.8 Å². The zero-order chi connectivity index (χ0) is 23.3. The lowest BCUT2D eigenvalue weighted by Gasteiger charge is -2.40. The number of benzene rings is 2. The Morgan fingerprint density at radius 2 is 1.79 bits per heavy atom. The first kappa shape index (κ1) is 21.6. The van der Waals surface area contributed by atoms with Crippen LogP contribution in [0.25, 0.3) is 5.69 Å². The molecule has 0 saturated carbocycles. The van der Waals surface area contributed by atoms with Gasteiger partial charge in [-0.15, -0.1) is 0 Å². The summed E-state index contributed by atoms with van der Waals surface area (Å²) in [4.78, 5) is 18.5. The molecule has 3 heterocycles. The normalized spacial score (nSPS) is 13.3. The fourth-order valence-electron chi connectivity index (χ4n) is 3.87. The van der Waals surface area contributed by atoms with Crippen molar-refractivity contribution in [2.24, 2.45) is 0 Å². The highest BCUT2D eigenvalue weighted by atomic mass is 16.5. The first-order valence-electron chi connectivity index (χ1n) is 11.1. The fraction of sp³-hybridized carbons (Fsp3) is 0.185. The molecule has 0 radical (unpaired) electrons. The lowest BCUT2D eigenvalue weighted by Crippen LogP contribution is -2.53. The number of esters is 1. The number of carbonyl (C=O) groups excluding carboxylic acids is 1. The Bertz CT molecular complexity index is 1250. The van der Waals surface area contributed by atoms with Crippen LogP contribution >= 0.6 is 0 Å². The molecule has 0 aliphatic carbocycles. The number of hydrogen-bond acceptors (Lipinski definition) is 6. The predicted molar refractivity (Wildman–Crippen MR) is 129 cm³/mol. The molecule has 172 valence electrons. The van der Waals surface area contributed by atoms with E-state index in [2.05, 4.69) is 9.88 Å². The minimum Gasteiger partial charge on any atom is -0.487 e. The molecule has 1 fully saturated rings. The Kier molecular flexibility index (Phi) is 6.16. The van der Waals surface area contributed by atoms with Crippen molar-refractivity contribution in [3.05, 3.63) is 103 Å². The van der Waals surface area contributed by atoms with Gasteiger partial charge < -0.3 is 23.7 Å². The van der Waals surface area contributed by atoms with Gasteiger partial charge in [-0.2, -0.15) is 0 Å². The van der Waals surface area contributed by atoms with Crippen molar-refractivity contribution in [2.45, 2.75) is 12.7 Å². The van der Waals surface area contributed by atoms with E-state index in [9.17, 15) is 4.79 Å². The summed E-state index contributed by atoms with van der Waals surface area (Å²) in [5.41, 5.74) is 3.47. The predicted octanol–water partition coefficient (Wildman–Crippen LogP) is 4.51. The third-order valence-electron chi connectivity index (χ3n) is 5.73. The van der Waals surface area contributed by atoms with Crippen molar-refractivity contribution in [3.63, 3.8) is 0 Å². The maximum atomic E-state index is 12.1. The molecule has 1 aliphatic rings. The van der Waals surface area contributed by atoms with Crippen molar-refractivity contribution in [3.8, 4) is 17.3 Å². The zero-order valence-electron chi connectivity index (χ0n) is 18.8. The molecule has 0 atom stereocenters. The monoisotopic (exact) mass is 455 g/mol. The number of aromatic nitrogens is 2. The number of rotatable bonds is 8. The molecule has 5 rings (SSSR count). The highest BCUT2D eigenvalue weighted by Crippen LogP contribution is 2.27. The molecule has 4 aromatic rings. The lowest BCUT2D eigenvalue weighted by atomic mass is 10.1. The van der Waals surface area contributed by atoms with Crippen LogP contribution < -0.4 is 14.4 Å². The molecule has 0 N–H and O–H groups in total. The van der Waals surface area contributed by atoms with E-state index in [1.807, 2.05) is 83.7 Å². The third-order valence-corrected chi connectivity index (χ3v) is 5.73. The number of para-hydroxylation sites is 1. The van der Waals surface area contributed by atoms with Gasteiger partial charge in [0.1, 0.15) is 18.5 Å². The molecule has 0 unspecified atom stereocenters. The van der Waals surface area contributed by atoms with Crippen molar-refractivity contribution in [2.75, 3.05) is 25.1 Å². The molecule has 34 heavy (non-hydrogen) atoms. The van der Waals surface area contributed by atoms with Crippen LogP contribution in [0.15, 0.2) is 91.4 Å². The summed E-state index contributed by atoms with van der Waals surface area (Å²) in [7, 11) is 1.39. The van der Waals surface area contributed by atoms with Crippen molar-refractivity contribution >= 4 is 11.7 Å². The summed E-state index contributed by atoms with van der Waals surface area (Å²) in [6, 6.07) is 23.0. The van der Waals surface area contributed by atoms with Gasteiger partial charge in [0.05, 0.1) is 37.1 Å². The summed E-state index contributed by atoms with van der Waals surface area (Å²) < 4.78 is 18.7. The minimum absolute atomic E-state index is 0.126. The number of nitrogens with zero attached hydrogens (tertiary/aromatic N) is 3. The van der Waals surface area contributed by atoms with Gasteiger partial charge in [-0.3, -0.25) is 0 Å². The molecule has 0 amide bonds. The van der Waals surface area contributed by atoms with Crippen LogP contribution in [0.3, 0.4) is 0 Å². The molecule has 2 aromatic heterocycles. The minimum atomic E-state index is -0.349. The van der Waals surface area contributed by atoms with E-state index in [1.54, 1.807) is 12.3 Å². The number of carbonyl (C=O) groups is 1. The maximum absolute atomic E-state index is 12.1. The summed E-state index contributed by atoms with van der Waals surface area (Å²) in [6.07, 6.45) is 5.82. The Morgan fingerprint density at radius 3 is 2.56 bits per heavy atom. The van der Waals surface area contributed by atoms with E-state index in [0.29, 0.717) is 18.1 Å². The second kappa shape index (κ2) is 9.70. The van der Waals surface area contributed by atoms with E-state index in [1.165, 1.54) is 7.11 Å². The Labute approximate surface area is 198 Å². The van der Waals surface area contributed by atoms with E-state index in [4.69, 9.17) is 14.2 Å². The van der Waals surface area contributed by atoms with E-state index >= 15 is 0 Å². The van der Waals surface area contributed by atoms with Crippen LogP contribution in [0.2, 0.25) is 0 Å². The van der Waals surface area contributed by atoms with Gasteiger partial charge in [-0.25, -0.2) is 9.78 Å². The third kappa shape index (κ3) is 4.73. The Balaban J connectivity index is 1.14. The average molecular weight is 456 g/mol. The molecule has 7 heteroatoms. The Hall–Kier alpha value is -4.26. The van der Waals surface area contributed by atoms with Crippen LogP contribution in [0.4, 0.5) is 5.69 Å². The summed E-state index contributed by atoms with van der Waals surface area (Å²) in [6.45, 7) is 2.06. The summed E-state index contributed by atoms with van der Waals surface area (Å²) in [5, 5.41) is 0. The topological polar surface area (TPSA) is 65.8 Å². The SMILES string of the molecule is COC(=O)c1ccccc1-n1ccc(N2CC(Oc3ccc(COc4ccccn4)cc3)C2)c1. The molecular weight excluding hydrogens is 430 g/mol. The second-order valence-corrected chi connectivity index (χ2v) is 8.03. The van der Waals surface area contributed by atoms with Gasteiger partial charge in [0.25, 0.3) is 0 Å². The van der Waals surface area contributed by atoms with E-state index in [0.717, 1.165) is 35.8 Å². The van der Waals surface area contributed by atoms with Gasteiger partial charge in [-0.05, 0) is 42.0 Å². The molecule has 0 bridgehead atoms. The van der Waals surface area contributed by atoms with E-state index in [-0.39, 0.29) is 12.1 Å². The van der Waals surface area contributed by atoms with Crippen LogP contribution in [0, 0.1) is 0 Å². The van der Waals surface area contributed by atoms with Gasteiger partial charge >= 0.3 is 5.97 Å². The second-order valence-electron chi connectivity index (χ2n) is 8.03. The highest BCUT2D eigenvalue weighted by molar-refractivity contribution is 5.93. The summed E-state index contributed by atoms with van der Waals surface area (Å²) in [5.74, 6) is 1.10. The Morgan fingerprint density at radius 1 is 1.00 bits per heavy atom. The van der Waals surface area contributed by atoms with Crippen LogP contribution in [0.5, 0.6) is 11.6 Å². The molecular formula is C27H25N3O4. The zero-order valence-corrected chi connectivity index (χ0v) is 18.8. The quantitative estimate of drug-likeness (QED) is 0.365. The number of ether oxygens (including phenoxy) is 3.